The summed E-state index contributed by atoms with van der Waals surface area (Å²) in [4.78, 5) is 0. The molecule has 0 saturated carbocycles. The molecule has 0 rings (SSSR count). The molecule has 0 atom stereocenters. The molecule has 0 bridgehead atoms. The first-order valence-corrected chi connectivity index (χ1v) is 8.81. The molecule has 30 heavy (non-hydrogen) atoms. The summed E-state index contributed by atoms with van der Waals surface area (Å²) >= 11 is 0. The Balaban J connectivity index is 6.00. The quantitative estimate of drug-likeness (QED) is 0.267. The van der Waals surface area contributed by atoms with Crippen molar-refractivity contribution in [1.82, 2.24) is 9.79 Å². The van der Waals surface area contributed by atoms with Crippen LogP contribution in [-0.4, -0.2) is 68.2 Å². The van der Waals surface area contributed by atoms with Gasteiger partial charge in [-0.1, -0.05) is 6.92 Å². The number of halogens is 13. The molecule has 0 aliphatic heterocycles. The van der Waals surface area contributed by atoms with Crippen LogP contribution < -0.4 is 4.72 Å². The third-order valence-electron chi connectivity index (χ3n) is 3.47. The SMILES string of the molecule is CCN([O-])CCCNS(=O)(=O)C(F)(F)C(F)(F)C(F)(F)C(F)(F)C(F)(F)C(F)(F)F. The summed E-state index contributed by atoms with van der Waals surface area (Å²) in [5.41, 5.74) is 0. The van der Waals surface area contributed by atoms with E-state index in [0.29, 0.717) is 4.72 Å². The second-order valence-corrected chi connectivity index (χ2v) is 7.39. The Kier molecular flexibility index (Phi) is 8.15. The average Bonchev–Trinajstić information content (AvgIpc) is 2.56. The van der Waals surface area contributed by atoms with E-state index in [0.717, 1.165) is 0 Å². The molecule has 0 aromatic rings. The minimum Gasteiger partial charge on any atom is -0.785 e. The lowest BCUT2D eigenvalue weighted by Gasteiger charge is -2.39. The van der Waals surface area contributed by atoms with Crippen molar-refractivity contribution in [3.63, 3.8) is 0 Å². The van der Waals surface area contributed by atoms with Crippen molar-refractivity contribution in [2.45, 2.75) is 48.5 Å². The summed E-state index contributed by atoms with van der Waals surface area (Å²) in [6.45, 7) is -0.805. The van der Waals surface area contributed by atoms with Crippen LogP contribution in [0.15, 0.2) is 0 Å². The van der Waals surface area contributed by atoms with E-state index in [1.165, 1.54) is 6.92 Å². The summed E-state index contributed by atoms with van der Waals surface area (Å²) < 4.78 is 191. The van der Waals surface area contributed by atoms with E-state index in [4.69, 9.17) is 0 Å². The van der Waals surface area contributed by atoms with Crippen molar-refractivity contribution in [3.8, 4) is 0 Å². The van der Waals surface area contributed by atoms with Gasteiger partial charge in [-0.25, -0.2) is 13.1 Å². The molecule has 0 saturated heterocycles. The van der Waals surface area contributed by atoms with Gasteiger partial charge in [0.15, 0.2) is 0 Å². The Morgan fingerprint density at radius 3 is 1.53 bits per heavy atom. The van der Waals surface area contributed by atoms with Gasteiger partial charge in [0.1, 0.15) is 0 Å². The highest BCUT2D eigenvalue weighted by Crippen LogP contribution is 2.60. The van der Waals surface area contributed by atoms with Gasteiger partial charge in [0.05, 0.1) is 0 Å². The van der Waals surface area contributed by atoms with Crippen LogP contribution in [0.4, 0.5) is 57.1 Å². The molecule has 0 spiro atoms. The first-order valence-electron chi connectivity index (χ1n) is 7.32. The Labute approximate surface area is 159 Å². The largest absolute Gasteiger partial charge is 0.785 e. The maximum absolute atomic E-state index is 13.5. The van der Waals surface area contributed by atoms with Gasteiger partial charge in [0, 0.05) is 6.54 Å². The minimum atomic E-state index is -8.20. The van der Waals surface area contributed by atoms with Crippen molar-refractivity contribution in [2.75, 3.05) is 19.6 Å². The summed E-state index contributed by atoms with van der Waals surface area (Å²) in [5.74, 6) is -32.3. The Morgan fingerprint density at radius 1 is 0.767 bits per heavy atom. The first kappa shape index (κ1) is 28.9. The predicted octanol–water partition coefficient (Wildman–Crippen LogP) is 3.81. The summed E-state index contributed by atoms with van der Waals surface area (Å²) in [7, 11) is -7.04. The molecule has 0 aliphatic carbocycles. The van der Waals surface area contributed by atoms with Crippen LogP contribution >= 0.6 is 0 Å². The molecule has 1 N–H and O–H groups in total. The van der Waals surface area contributed by atoms with Gasteiger partial charge in [-0.3, -0.25) is 0 Å². The van der Waals surface area contributed by atoms with Crippen LogP contribution in [0.25, 0.3) is 0 Å². The highest BCUT2D eigenvalue weighted by molar-refractivity contribution is 7.90. The normalized spacial score (nSPS) is 15.7. The molecule has 0 aromatic carbocycles. The van der Waals surface area contributed by atoms with E-state index in [9.17, 15) is 70.7 Å². The lowest BCUT2D eigenvalue weighted by atomic mass is 9.98. The molecule has 0 aliphatic rings. The van der Waals surface area contributed by atoms with Gasteiger partial charge in [0.25, 0.3) is 10.0 Å². The number of nitrogens with zero attached hydrogens (tertiary/aromatic N) is 1. The molecule has 0 unspecified atom stereocenters. The fraction of sp³-hybridized carbons (Fsp3) is 1.00. The van der Waals surface area contributed by atoms with Crippen LogP contribution in [-0.2, 0) is 10.0 Å². The Hall–Kier alpha value is -1.08. The smallest absolute Gasteiger partial charge is 0.460 e. The van der Waals surface area contributed by atoms with Crippen LogP contribution in [0, 0.1) is 5.21 Å². The van der Waals surface area contributed by atoms with Gasteiger partial charge in [-0.05, 0) is 19.5 Å². The number of hydroxylamine groups is 2. The first-order chi connectivity index (χ1) is 13.0. The highest BCUT2D eigenvalue weighted by atomic mass is 32.2. The number of rotatable bonds is 11. The van der Waals surface area contributed by atoms with Crippen LogP contribution in [0.2, 0.25) is 0 Å². The minimum absolute atomic E-state index is 0.199. The highest BCUT2D eigenvalue weighted by Gasteiger charge is 2.92. The van der Waals surface area contributed by atoms with Crippen molar-refractivity contribution in [3.05, 3.63) is 5.21 Å². The van der Waals surface area contributed by atoms with E-state index in [1.54, 1.807) is 0 Å². The maximum Gasteiger partial charge on any atom is 0.460 e. The van der Waals surface area contributed by atoms with Crippen molar-refractivity contribution >= 4 is 10.0 Å². The van der Waals surface area contributed by atoms with Gasteiger partial charge < -0.3 is 10.3 Å². The zero-order valence-corrected chi connectivity index (χ0v) is 15.1. The molecule has 0 amide bonds. The lowest BCUT2D eigenvalue weighted by Crippen LogP contribution is -2.71. The molecule has 0 heterocycles. The Morgan fingerprint density at radius 2 is 1.17 bits per heavy atom. The average molecular weight is 499 g/mol. The zero-order valence-electron chi connectivity index (χ0n) is 14.3. The lowest BCUT2D eigenvalue weighted by molar-refractivity contribution is -0.433. The number of sulfonamides is 1. The topological polar surface area (TPSA) is 72.5 Å². The zero-order chi connectivity index (χ0) is 24.6. The predicted molar refractivity (Wildman–Crippen MR) is 72.9 cm³/mol. The van der Waals surface area contributed by atoms with Gasteiger partial charge >= 0.3 is 35.1 Å². The van der Waals surface area contributed by atoms with E-state index >= 15 is 0 Å². The standard InChI is InChI=1S/C11H12F13N2O3S/c1-2-26(27)5-3-4-25-30(28,29)11(23,24)9(18,19)7(14,15)6(12,13)8(16,17)10(20,21)22/h25H,2-5H2,1H3/q-1. The molecule has 5 nitrogen and oxygen atoms in total. The maximum atomic E-state index is 13.5. The van der Waals surface area contributed by atoms with Gasteiger partial charge in [-0.2, -0.15) is 57.1 Å². The Bertz CT molecular complexity index is 693. The third kappa shape index (κ3) is 4.57. The second-order valence-electron chi connectivity index (χ2n) is 5.59. The molecule has 0 radical (unpaired) electrons. The molecule has 19 heteroatoms. The van der Waals surface area contributed by atoms with E-state index < -0.39 is 64.7 Å². The monoisotopic (exact) mass is 499 g/mol. The van der Waals surface area contributed by atoms with Crippen molar-refractivity contribution in [1.29, 1.82) is 0 Å². The summed E-state index contributed by atoms with van der Waals surface area (Å²) in [5, 5.41) is 3.76. The molecular formula is C11H12F13N2O3S-. The van der Waals surface area contributed by atoms with Crippen LogP contribution in [0.1, 0.15) is 13.3 Å². The van der Waals surface area contributed by atoms with Crippen molar-refractivity contribution < 1.29 is 65.5 Å². The van der Waals surface area contributed by atoms with Crippen molar-refractivity contribution in [2.24, 2.45) is 0 Å². The second kappa shape index (κ2) is 8.45. The molecule has 0 aromatic heterocycles. The number of nitrogens with one attached hydrogen (secondary N) is 1. The molecule has 182 valence electrons. The molecular weight excluding hydrogens is 487 g/mol. The third-order valence-corrected chi connectivity index (χ3v) is 4.99. The number of hydrogen-bond acceptors (Lipinski definition) is 4. The van der Waals surface area contributed by atoms with Crippen LogP contribution in [0.3, 0.4) is 0 Å². The number of alkyl halides is 13. The van der Waals surface area contributed by atoms with E-state index in [2.05, 4.69) is 0 Å². The van der Waals surface area contributed by atoms with E-state index in [-0.39, 0.29) is 11.6 Å². The molecule has 0 fully saturated rings. The fourth-order valence-electron chi connectivity index (χ4n) is 1.63. The number of hydrogen-bond donors (Lipinski definition) is 1. The van der Waals surface area contributed by atoms with Crippen LogP contribution in [0.5, 0.6) is 0 Å². The van der Waals surface area contributed by atoms with Gasteiger partial charge in [0.2, 0.25) is 0 Å². The van der Waals surface area contributed by atoms with Gasteiger partial charge in [-0.15, -0.1) is 0 Å². The van der Waals surface area contributed by atoms with E-state index in [1.807, 2.05) is 0 Å². The fourth-order valence-corrected chi connectivity index (χ4v) is 2.69. The summed E-state index contributed by atoms with van der Waals surface area (Å²) in [6.07, 6.45) is -8.27. The summed E-state index contributed by atoms with van der Waals surface area (Å²) in [6, 6.07) is 0.